The van der Waals surface area contributed by atoms with Crippen molar-refractivity contribution < 1.29 is 14.3 Å². The lowest BCUT2D eigenvalue weighted by molar-refractivity contribution is -0.146. The Morgan fingerprint density at radius 3 is 2.80 bits per heavy atom. The number of esters is 1. The van der Waals surface area contributed by atoms with E-state index in [1.807, 2.05) is 0 Å². The minimum absolute atomic E-state index is 0.0622. The lowest BCUT2D eigenvalue weighted by Gasteiger charge is -2.30. The molecule has 1 aromatic heterocycles. The molecule has 0 unspecified atom stereocenters. The monoisotopic (exact) mass is 297 g/mol. The molecule has 0 atom stereocenters. The number of nitrogens with zero attached hydrogens (tertiary/aromatic N) is 2. The van der Waals surface area contributed by atoms with Crippen molar-refractivity contribution >= 4 is 23.2 Å². The van der Waals surface area contributed by atoms with Crippen LogP contribution in [0.1, 0.15) is 28.3 Å². The number of rotatable bonds is 4. The summed E-state index contributed by atoms with van der Waals surface area (Å²) in [5, 5.41) is 2.67. The van der Waals surface area contributed by atoms with Crippen LogP contribution in [0, 0.1) is 5.92 Å². The molecule has 2 N–H and O–H groups in total. The summed E-state index contributed by atoms with van der Waals surface area (Å²) < 4.78 is 4.74. The number of hydrogen-bond acceptors (Lipinski definition) is 6. The minimum atomic E-state index is -0.184. The zero-order chi connectivity index (χ0) is 14.5. The second-order valence-corrected chi connectivity index (χ2v) is 5.70. The van der Waals surface area contributed by atoms with Crippen molar-refractivity contribution in [3.8, 4) is 0 Å². The van der Waals surface area contributed by atoms with Crippen LogP contribution in [-0.2, 0) is 16.0 Å². The van der Waals surface area contributed by atoms with E-state index in [2.05, 4.69) is 4.98 Å². The molecule has 0 spiro atoms. The van der Waals surface area contributed by atoms with Gasteiger partial charge in [-0.3, -0.25) is 9.59 Å². The Bertz CT molecular complexity index is 481. The lowest BCUT2D eigenvalue weighted by Crippen LogP contribution is -2.40. The fraction of sp³-hybridized carbons (Fsp3) is 0.615. The van der Waals surface area contributed by atoms with Crippen molar-refractivity contribution in [1.29, 1.82) is 0 Å². The van der Waals surface area contributed by atoms with Crippen LogP contribution < -0.4 is 5.73 Å². The molecule has 2 rings (SSSR count). The zero-order valence-electron chi connectivity index (χ0n) is 11.5. The number of thiazole rings is 1. The molecular weight excluding hydrogens is 278 g/mol. The molecule has 1 amide bonds. The number of amides is 1. The molecule has 0 bridgehead atoms. The summed E-state index contributed by atoms with van der Waals surface area (Å²) >= 11 is 1.46. The van der Waals surface area contributed by atoms with Crippen LogP contribution in [0.15, 0.2) is 5.38 Å². The Morgan fingerprint density at radius 1 is 1.50 bits per heavy atom. The Labute approximate surface area is 121 Å². The van der Waals surface area contributed by atoms with Gasteiger partial charge in [-0.2, -0.15) is 0 Å². The first-order valence-corrected chi connectivity index (χ1v) is 7.55. The number of likely N-dealkylation sites (tertiary alicyclic amines) is 1. The minimum Gasteiger partial charge on any atom is -0.469 e. The highest BCUT2D eigenvalue weighted by atomic mass is 32.1. The van der Waals surface area contributed by atoms with Crippen molar-refractivity contribution in [1.82, 2.24) is 9.88 Å². The number of carbonyl (C=O) groups excluding carboxylic acids is 2. The maximum absolute atomic E-state index is 12.3. The second kappa shape index (κ2) is 6.81. The van der Waals surface area contributed by atoms with Crippen LogP contribution in [0.2, 0.25) is 0 Å². The van der Waals surface area contributed by atoms with Crippen LogP contribution in [0.5, 0.6) is 0 Å². The SMILES string of the molecule is COC(=O)C1CCN(C(=O)c2csc(CCN)n2)CC1. The van der Waals surface area contributed by atoms with Crippen LogP contribution in [0.3, 0.4) is 0 Å². The van der Waals surface area contributed by atoms with Gasteiger partial charge < -0.3 is 15.4 Å². The third-order valence-corrected chi connectivity index (χ3v) is 4.35. The lowest BCUT2D eigenvalue weighted by atomic mass is 9.97. The summed E-state index contributed by atoms with van der Waals surface area (Å²) in [4.78, 5) is 29.8. The highest BCUT2D eigenvalue weighted by Crippen LogP contribution is 2.21. The molecule has 110 valence electrons. The molecule has 1 aliphatic heterocycles. The quantitative estimate of drug-likeness (QED) is 0.826. The molecular formula is C13H19N3O3S. The van der Waals surface area contributed by atoms with Gasteiger partial charge in [0.15, 0.2) is 0 Å². The number of piperidine rings is 1. The smallest absolute Gasteiger partial charge is 0.308 e. The standard InChI is InChI=1S/C13H19N3O3S/c1-19-13(18)9-3-6-16(7-4-9)12(17)10-8-20-11(15-10)2-5-14/h8-9H,2-7,14H2,1H3. The predicted octanol–water partition coefficient (Wildman–Crippen LogP) is 0.670. The number of carbonyl (C=O) groups is 2. The number of ether oxygens (including phenoxy) is 1. The summed E-state index contributed by atoms with van der Waals surface area (Å²) in [6, 6.07) is 0. The van der Waals surface area contributed by atoms with Gasteiger partial charge in [0.1, 0.15) is 5.69 Å². The van der Waals surface area contributed by atoms with E-state index in [1.165, 1.54) is 18.4 Å². The van der Waals surface area contributed by atoms with Crippen molar-refractivity contribution in [3.05, 3.63) is 16.1 Å². The van der Waals surface area contributed by atoms with Crippen molar-refractivity contribution in [2.24, 2.45) is 11.7 Å². The first-order chi connectivity index (χ1) is 9.65. The maximum Gasteiger partial charge on any atom is 0.308 e. The van der Waals surface area contributed by atoms with Crippen molar-refractivity contribution in [3.63, 3.8) is 0 Å². The number of nitrogens with two attached hydrogens (primary N) is 1. The van der Waals surface area contributed by atoms with Gasteiger partial charge in [-0.15, -0.1) is 11.3 Å². The molecule has 20 heavy (non-hydrogen) atoms. The Hall–Kier alpha value is -1.47. The number of methoxy groups -OCH3 is 1. The molecule has 1 fully saturated rings. The van der Waals surface area contributed by atoms with Gasteiger partial charge >= 0.3 is 5.97 Å². The maximum atomic E-state index is 12.3. The van der Waals surface area contributed by atoms with E-state index < -0.39 is 0 Å². The fourth-order valence-corrected chi connectivity index (χ4v) is 3.08. The average Bonchev–Trinajstić information content (AvgIpc) is 2.95. The van der Waals surface area contributed by atoms with E-state index in [9.17, 15) is 9.59 Å². The third-order valence-electron chi connectivity index (χ3n) is 3.45. The summed E-state index contributed by atoms with van der Waals surface area (Å²) in [5.41, 5.74) is 5.95. The predicted molar refractivity (Wildman–Crippen MR) is 75.5 cm³/mol. The van der Waals surface area contributed by atoms with Crippen LogP contribution in [-0.4, -0.2) is 48.5 Å². The van der Waals surface area contributed by atoms with E-state index in [0.29, 0.717) is 44.6 Å². The molecule has 0 saturated carbocycles. The Morgan fingerprint density at radius 2 is 2.20 bits per heavy atom. The fourth-order valence-electron chi connectivity index (χ4n) is 2.29. The topological polar surface area (TPSA) is 85.5 Å². The molecule has 1 saturated heterocycles. The van der Waals surface area contributed by atoms with Gasteiger partial charge in [-0.1, -0.05) is 0 Å². The Kier molecular flexibility index (Phi) is 5.08. The molecule has 7 heteroatoms. The first kappa shape index (κ1) is 14.9. The van der Waals surface area contributed by atoms with Crippen LogP contribution in [0.4, 0.5) is 0 Å². The van der Waals surface area contributed by atoms with Gasteiger partial charge in [-0.25, -0.2) is 4.98 Å². The van der Waals surface area contributed by atoms with Crippen molar-refractivity contribution in [2.75, 3.05) is 26.7 Å². The highest BCUT2D eigenvalue weighted by Gasteiger charge is 2.29. The largest absolute Gasteiger partial charge is 0.469 e. The van der Waals surface area contributed by atoms with Gasteiger partial charge in [-0.05, 0) is 19.4 Å². The molecule has 0 aliphatic carbocycles. The van der Waals surface area contributed by atoms with E-state index in [0.717, 1.165) is 5.01 Å². The normalized spacial score (nSPS) is 16.2. The average molecular weight is 297 g/mol. The molecule has 2 heterocycles. The Balaban J connectivity index is 1.92. The number of hydrogen-bond donors (Lipinski definition) is 1. The van der Waals surface area contributed by atoms with Gasteiger partial charge in [0.05, 0.1) is 18.0 Å². The van der Waals surface area contributed by atoms with Gasteiger partial charge in [0.25, 0.3) is 5.91 Å². The second-order valence-electron chi connectivity index (χ2n) is 4.75. The van der Waals surface area contributed by atoms with Crippen molar-refractivity contribution in [2.45, 2.75) is 19.3 Å². The van der Waals surface area contributed by atoms with E-state index in [4.69, 9.17) is 10.5 Å². The number of aromatic nitrogens is 1. The van der Waals surface area contributed by atoms with Crippen LogP contribution in [0.25, 0.3) is 0 Å². The summed E-state index contributed by atoms with van der Waals surface area (Å²) in [5.74, 6) is -0.337. The summed E-state index contributed by atoms with van der Waals surface area (Å²) in [6.07, 6.45) is 2.00. The molecule has 6 nitrogen and oxygen atoms in total. The van der Waals surface area contributed by atoms with Gasteiger partial charge in [0, 0.05) is 24.9 Å². The first-order valence-electron chi connectivity index (χ1n) is 6.67. The summed E-state index contributed by atoms with van der Waals surface area (Å²) in [6.45, 7) is 1.68. The molecule has 0 aromatic carbocycles. The van der Waals surface area contributed by atoms with Crippen LogP contribution >= 0.6 is 11.3 Å². The molecule has 1 aliphatic rings. The zero-order valence-corrected chi connectivity index (χ0v) is 12.3. The molecule has 0 radical (unpaired) electrons. The molecule has 1 aromatic rings. The van der Waals surface area contributed by atoms with E-state index in [-0.39, 0.29) is 17.8 Å². The third kappa shape index (κ3) is 3.34. The van der Waals surface area contributed by atoms with Gasteiger partial charge in [0.2, 0.25) is 0 Å². The van der Waals surface area contributed by atoms with E-state index in [1.54, 1.807) is 10.3 Å². The highest BCUT2D eigenvalue weighted by molar-refractivity contribution is 7.09. The van der Waals surface area contributed by atoms with E-state index >= 15 is 0 Å². The summed E-state index contributed by atoms with van der Waals surface area (Å²) in [7, 11) is 1.40.